The van der Waals surface area contributed by atoms with Gasteiger partial charge in [-0.3, -0.25) is 9.10 Å². The van der Waals surface area contributed by atoms with E-state index in [1.807, 2.05) is 0 Å². The molecule has 0 fully saturated rings. The SMILES string of the molecule is CS(=O)(=O)N1CCCc2ccc(NC(=O)COc3ccccc3F)cc21. The lowest BCUT2D eigenvalue weighted by Gasteiger charge is -2.29. The van der Waals surface area contributed by atoms with Crippen LogP contribution in [0.4, 0.5) is 15.8 Å². The second-order valence-electron chi connectivity index (χ2n) is 6.05. The van der Waals surface area contributed by atoms with Gasteiger partial charge in [0.15, 0.2) is 18.2 Å². The van der Waals surface area contributed by atoms with E-state index in [4.69, 9.17) is 4.74 Å². The molecule has 1 N–H and O–H groups in total. The first-order valence-electron chi connectivity index (χ1n) is 8.12. The number of hydrogen-bond donors (Lipinski definition) is 1. The van der Waals surface area contributed by atoms with Gasteiger partial charge in [-0.15, -0.1) is 0 Å². The summed E-state index contributed by atoms with van der Waals surface area (Å²) in [5, 5.41) is 2.65. The van der Waals surface area contributed by atoms with E-state index < -0.39 is 21.7 Å². The summed E-state index contributed by atoms with van der Waals surface area (Å²) in [5.74, 6) is -1.01. The van der Waals surface area contributed by atoms with E-state index in [-0.39, 0.29) is 12.4 Å². The number of amides is 1. The van der Waals surface area contributed by atoms with E-state index in [0.717, 1.165) is 24.7 Å². The van der Waals surface area contributed by atoms with Crippen molar-refractivity contribution in [2.24, 2.45) is 0 Å². The van der Waals surface area contributed by atoms with Crippen LogP contribution < -0.4 is 14.4 Å². The standard InChI is InChI=1S/C18H19FN2O4S/c1-26(23,24)21-10-4-5-13-8-9-14(11-16(13)21)20-18(22)12-25-17-7-3-2-6-15(17)19/h2-3,6-9,11H,4-5,10,12H2,1H3,(H,20,22). The summed E-state index contributed by atoms with van der Waals surface area (Å²) in [6, 6.07) is 11.0. The molecule has 0 unspecified atom stereocenters. The molecule has 0 aliphatic carbocycles. The van der Waals surface area contributed by atoms with Crippen LogP contribution >= 0.6 is 0 Å². The quantitative estimate of drug-likeness (QED) is 0.868. The first-order chi connectivity index (χ1) is 12.3. The number of aryl methyl sites for hydroxylation is 1. The van der Waals surface area contributed by atoms with Crippen LogP contribution in [0.2, 0.25) is 0 Å². The van der Waals surface area contributed by atoms with Gasteiger partial charge in [-0.2, -0.15) is 0 Å². The molecule has 2 aromatic rings. The maximum atomic E-state index is 13.5. The Bertz CT molecular complexity index is 931. The summed E-state index contributed by atoms with van der Waals surface area (Å²) in [4.78, 5) is 12.1. The minimum atomic E-state index is -3.38. The molecule has 138 valence electrons. The predicted molar refractivity (Wildman–Crippen MR) is 97.5 cm³/mol. The van der Waals surface area contributed by atoms with Crippen LogP contribution in [0.15, 0.2) is 42.5 Å². The van der Waals surface area contributed by atoms with Gasteiger partial charge in [0.2, 0.25) is 10.0 Å². The fraction of sp³-hybridized carbons (Fsp3) is 0.278. The lowest BCUT2D eigenvalue weighted by atomic mass is 10.0. The number of nitrogens with zero attached hydrogens (tertiary/aromatic N) is 1. The van der Waals surface area contributed by atoms with E-state index in [0.29, 0.717) is 17.9 Å². The molecule has 6 nitrogen and oxygen atoms in total. The lowest BCUT2D eigenvalue weighted by Crippen LogP contribution is -2.34. The number of hydrogen-bond acceptors (Lipinski definition) is 4. The Kier molecular flexibility index (Phi) is 5.13. The minimum absolute atomic E-state index is 0.00339. The van der Waals surface area contributed by atoms with Crippen molar-refractivity contribution in [2.45, 2.75) is 12.8 Å². The van der Waals surface area contributed by atoms with Crippen LogP contribution in [0.1, 0.15) is 12.0 Å². The molecule has 1 heterocycles. The van der Waals surface area contributed by atoms with Gasteiger partial charge in [0.05, 0.1) is 11.9 Å². The molecule has 1 amide bonds. The molecule has 0 bridgehead atoms. The number of fused-ring (bicyclic) bond motifs is 1. The molecule has 1 aliphatic heterocycles. The molecule has 26 heavy (non-hydrogen) atoms. The summed E-state index contributed by atoms with van der Waals surface area (Å²) < 4.78 is 43.9. The third-order valence-electron chi connectivity index (χ3n) is 4.04. The summed E-state index contributed by atoms with van der Waals surface area (Å²) in [5.41, 5.74) is 1.95. The third kappa shape index (κ3) is 4.13. The molecule has 2 aromatic carbocycles. The number of anilines is 2. The number of carbonyl (C=O) groups excluding carboxylic acids is 1. The van der Waals surface area contributed by atoms with Crippen LogP contribution in [0.25, 0.3) is 0 Å². The molecular weight excluding hydrogens is 359 g/mol. The van der Waals surface area contributed by atoms with Gasteiger partial charge in [-0.1, -0.05) is 18.2 Å². The molecule has 8 heteroatoms. The van der Waals surface area contributed by atoms with Crippen LogP contribution in [-0.2, 0) is 21.2 Å². The number of para-hydroxylation sites is 1. The van der Waals surface area contributed by atoms with Crippen molar-refractivity contribution in [1.82, 2.24) is 0 Å². The van der Waals surface area contributed by atoms with E-state index in [9.17, 15) is 17.6 Å². The van der Waals surface area contributed by atoms with Gasteiger partial charge < -0.3 is 10.1 Å². The van der Waals surface area contributed by atoms with Crippen molar-refractivity contribution in [3.8, 4) is 5.75 Å². The van der Waals surface area contributed by atoms with Crippen molar-refractivity contribution >= 4 is 27.3 Å². The van der Waals surface area contributed by atoms with Crippen LogP contribution in [-0.4, -0.2) is 33.7 Å². The number of benzene rings is 2. The Labute approximate surface area is 151 Å². The predicted octanol–water partition coefficient (Wildman–Crippen LogP) is 2.56. The molecule has 0 saturated carbocycles. The van der Waals surface area contributed by atoms with Gasteiger partial charge in [-0.05, 0) is 42.7 Å². The maximum Gasteiger partial charge on any atom is 0.262 e. The molecule has 0 atom stereocenters. The maximum absolute atomic E-state index is 13.5. The van der Waals surface area contributed by atoms with Gasteiger partial charge in [0.25, 0.3) is 5.91 Å². The normalized spacial score (nSPS) is 13.8. The molecule has 0 aromatic heterocycles. The van der Waals surface area contributed by atoms with E-state index in [1.54, 1.807) is 24.3 Å². The zero-order valence-electron chi connectivity index (χ0n) is 14.2. The molecule has 0 saturated heterocycles. The highest BCUT2D eigenvalue weighted by Crippen LogP contribution is 2.31. The Morgan fingerprint density at radius 1 is 1.27 bits per heavy atom. The van der Waals surface area contributed by atoms with Gasteiger partial charge in [-0.25, -0.2) is 12.8 Å². The molecule has 1 aliphatic rings. The van der Waals surface area contributed by atoms with Gasteiger partial charge in [0, 0.05) is 12.2 Å². The van der Waals surface area contributed by atoms with E-state index >= 15 is 0 Å². The number of rotatable bonds is 5. The monoisotopic (exact) mass is 378 g/mol. The Balaban J connectivity index is 1.70. The Morgan fingerprint density at radius 3 is 2.77 bits per heavy atom. The average Bonchev–Trinajstić information content (AvgIpc) is 2.59. The minimum Gasteiger partial charge on any atom is -0.481 e. The van der Waals surface area contributed by atoms with Crippen molar-refractivity contribution in [2.75, 3.05) is 29.0 Å². The fourth-order valence-corrected chi connectivity index (χ4v) is 3.85. The highest BCUT2D eigenvalue weighted by atomic mass is 32.2. The fourth-order valence-electron chi connectivity index (χ4n) is 2.87. The second-order valence-corrected chi connectivity index (χ2v) is 7.96. The second kappa shape index (κ2) is 7.33. The molecule has 0 spiro atoms. The van der Waals surface area contributed by atoms with Gasteiger partial charge in [0.1, 0.15) is 0 Å². The Morgan fingerprint density at radius 2 is 2.04 bits per heavy atom. The number of carbonyl (C=O) groups is 1. The molecular formula is C18H19FN2O4S. The largest absolute Gasteiger partial charge is 0.481 e. The van der Waals surface area contributed by atoms with Crippen molar-refractivity contribution in [3.05, 3.63) is 53.8 Å². The molecule has 0 radical (unpaired) electrons. The van der Waals surface area contributed by atoms with E-state index in [2.05, 4.69) is 5.32 Å². The highest BCUT2D eigenvalue weighted by molar-refractivity contribution is 7.92. The zero-order chi connectivity index (χ0) is 18.7. The summed E-state index contributed by atoms with van der Waals surface area (Å²) in [6.45, 7) is 0.0629. The van der Waals surface area contributed by atoms with Gasteiger partial charge >= 0.3 is 0 Å². The van der Waals surface area contributed by atoms with Crippen LogP contribution in [0, 0.1) is 5.82 Å². The number of sulfonamides is 1. The zero-order valence-corrected chi connectivity index (χ0v) is 15.1. The smallest absolute Gasteiger partial charge is 0.262 e. The first-order valence-corrected chi connectivity index (χ1v) is 9.97. The number of nitrogens with one attached hydrogen (secondary N) is 1. The van der Waals surface area contributed by atoms with Crippen molar-refractivity contribution < 1.29 is 22.3 Å². The van der Waals surface area contributed by atoms with E-state index in [1.165, 1.54) is 22.5 Å². The van der Waals surface area contributed by atoms with Crippen molar-refractivity contribution in [1.29, 1.82) is 0 Å². The lowest BCUT2D eigenvalue weighted by molar-refractivity contribution is -0.118. The number of halogens is 1. The Hall–Kier alpha value is -2.61. The molecule has 3 rings (SSSR count). The van der Waals surface area contributed by atoms with Crippen LogP contribution in [0.3, 0.4) is 0 Å². The number of ether oxygens (including phenoxy) is 1. The average molecular weight is 378 g/mol. The van der Waals surface area contributed by atoms with Crippen LogP contribution in [0.5, 0.6) is 5.75 Å². The third-order valence-corrected chi connectivity index (χ3v) is 5.22. The first kappa shape index (κ1) is 18.2. The highest BCUT2D eigenvalue weighted by Gasteiger charge is 2.24. The summed E-state index contributed by atoms with van der Waals surface area (Å²) in [6.07, 6.45) is 2.70. The summed E-state index contributed by atoms with van der Waals surface area (Å²) >= 11 is 0. The van der Waals surface area contributed by atoms with Crippen molar-refractivity contribution in [3.63, 3.8) is 0 Å². The topological polar surface area (TPSA) is 75.7 Å². The summed E-state index contributed by atoms with van der Waals surface area (Å²) in [7, 11) is -3.38.